The zero-order valence-electron chi connectivity index (χ0n) is 11.0. The Morgan fingerprint density at radius 2 is 2.05 bits per heavy atom. The second-order valence-electron chi connectivity index (χ2n) is 4.51. The van der Waals surface area contributed by atoms with Crippen LogP contribution in [0.25, 0.3) is 11.0 Å². The minimum absolute atomic E-state index is 0.165. The molecule has 3 aromatic rings. The summed E-state index contributed by atoms with van der Waals surface area (Å²) in [6.45, 7) is 0.277. The van der Waals surface area contributed by atoms with E-state index in [9.17, 15) is 0 Å². The summed E-state index contributed by atoms with van der Waals surface area (Å²) in [6, 6.07) is 14.7. The fourth-order valence-electron chi connectivity index (χ4n) is 2.08. The number of hydrogen-bond donors (Lipinski definition) is 1. The molecule has 2 N–H and O–H groups in total. The molecule has 0 atom stereocenters. The van der Waals surface area contributed by atoms with E-state index in [2.05, 4.69) is 0 Å². The van der Waals surface area contributed by atoms with E-state index in [0.29, 0.717) is 22.0 Å². The van der Waals surface area contributed by atoms with Crippen molar-refractivity contribution < 1.29 is 9.15 Å². The molecule has 1 heterocycles. The van der Waals surface area contributed by atoms with Gasteiger partial charge in [0.2, 0.25) is 5.76 Å². The largest absolute Gasteiger partial charge is 0.483 e. The van der Waals surface area contributed by atoms with Gasteiger partial charge < -0.3 is 14.9 Å². The number of rotatable bonds is 3. The van der Waals surface area contributed by atoms with Crippen LogP contribution < -0.4 is 10.5 Å². The second kappa shape index (κ2) is 5.39. The fraction of sp³-hybridized carbons (Fsp3) is 0.0625. The van der Waals surface area contributed by atoms with Gasteiger partial charge in [0.1, 0.15) is 18.3 Å². The third-order valence-electron chi connectivity index (χ3n) is 3.10. The zero-order chi connectivity index (χ0) is 14.8. The van der Waals surface area contributed by atoms with E-state index in [1.54, 1.807) is 18.2 Å². The summed E-state index contributed by atoms with van der Waals surface area (Å²) in [7, 11) is 0. The number of anilines is 1. The van der Waals surface area contributed by atoms with E-state index in [1.165, 1.54) is 0 Å². The van der Waals surface area contributed by atoms with Crippen LogP contribution in [0.3, 0.4) is 0 Å². The van der Waals surface area contributed by atoms with Gasteiger partial charge in [-0.3, -0.25) is 0 Å². The van der Waals surface area contributed by atoms with Gasteiger partial charge in [0.15, 0.2) is 5.75 Å². The SMILES string of the molecule is N#Cc1oc2ccccc2c1OCc1ccc(Cl)c(N)c1. The van der Waals surface area contributed by atoms with Gasteiger partial charge in [0.25, 0.3) is 0 Å². The zero-order valence-corrected chi connectivity index (χ0v) is 11.7. The van der Waals surface area contributed by atoms with Gasteiger partial charge in [0.05, 0.1) is 16.1 Å². The molecule has 104 valence electrons. The maximum atomic E-state index is 9.14. The van der Waals surface area contributed by atoms with Crippen molar-refractivity contribution in [3.63, 3.8) is 0 Å². The highest BCUT2D eigenvalue weighted by Crippen LogP contribution is 2.33. The number of nitrogen functional groups attached to an aromatic ring is 1. The first-order chi connectivity index (χ1) is 10.2. The first-order valence-corrected chi connectivity index (χ1v) is 6.65. The molecule has 0 spiro atoms. The van der Waals surface area contributed by atoms with Gasteiger partial charge in [0, 0.05) is 0 Å². The minimum atomic E-state index is 0.165. The second-order valence-corrected chi connectivity index (χ2v) is 4.92. The van der Waals surface area contributed by atoms with E-state index < -0.39 is 0 Å². The third kappa shape index (κ3) is 2.51. The molecular weight excluding hydrogens is 288 g/mol. The van der Waals surface area contributed by atoms with Gasteiger partial charge in [-0.15, -0.1) is 0 Å². The molecule has 21 heavy (non-hydrogen) atoms. The van der Waals surface area contributed by atoms with Crippen LogP contribution in [0, 0.1) is 11.3 Å². The Kier molecular flexibility index (Phi) is 3.43. The number of fused-ring (bicyclic) bond motifs is 1. The number of furan rings is 1. The van der Waals surface area contributed by atoms with Crippen molar-refractivity contribution >= 4 is 28.3 Å². The van der Waals surface area contributed by atoms with Crippen LogP contribution in [0.2, 0.25) is 5.02 Å². The van der Waals surface area contributed by atoms with Crippen LogP contribution in [0.15, 0.2) is 46.9 Å². The molecular formula is C16H11ClN2O2. The molecule has 4 nitrogen and oxygen atoms in total. The van der Waals surface area contributed by atoms with Crippen LogP contribution in [0.4, 0.5) is 5.69 Å². The van der Waals surface area contributed by atoms with Crippen LogP contribution >= 0.6 is 11.6 Å². The first-order valence-electron chi connectivity index (χ1n) is 6.27. The highest BCUT2D eigenvalue weighted by atomic mass is 35.5. The van der Waals surface area contributed by atoms with E-state index in [1.807, 2.05) is 30.3 Å². The molecule has 0 aliphatic rings. The number of nitrogens with two attached hydrogens (primary N) is 1. The fourth-order valence-corrected chi connectivity index (χ4v) is 2.19. The Morgan fingerprint density at radius 1 is 1.24 bits per heavy atom. The number of benzene rings is 2. The number of para-hydroxylation sites is 1. The highest BCUT2D eigenvalue weighted by molar-refractivity contribution is 6.33. The number of nitriles is 1. The molecule has 0 saturated heterocycles. The van der Waals surface area contributed by atoms with Crippen molar-refractivity contribution in [2.75, 3.05) is 5.73 Å². The van der Waals surface area contributed by atoms with Gasteiger partial charge in [-0.2, -0.15) is 5.26 Å². The van der Waals surface area contributed by atoms with Crippen LogP contribution in [-0.4, -0.2) is 0 Å². The molecule has 0 aliphatic carbocycles. The summed E-state index contributed by atoms with van der Waals surface area (Å²) in [5.41, 5.74) is 7.74. The first kappa shape index (κ1) is 13.3. The minimum Gasteiger partial charge on any atom is -0.483 e. The van der Waals surface area contributed by atoms with Crippen molar-refractivity contribution in [3.05, 3.63) is 58.8 Å². The predicted molar refractivity (Wildman–Crippen MR) is 81.1 cm³/mol. The number of ether oxygens (including phenoxy) is 1. The van der Waals surface area contributed by atoms with Crippen molar-refractivity contribution in [2.45, 2.75) is 6.61 Å². The summed E-state index contributed by atoms with van der Waals surface area (Å²) in [5, 5.41) is 10.4. The molecule has 0 fully saturated rings. The Hall–Kier alpha value is -2.64. The summed E-state index contributed by atoms with van der Waals surface area (Å²) >= 11 is 5.88. The molecule has 2 aromatic carbocycles. The molecule has 1 aromatic heterocycles. The maximum absolute atomic E-state index is 9.14. The molecule has 0 bridgehead atoms. The lowest BCUT2D eigenvalue weighted by Crippen LogP contribution is -1.97. The predicted octanol–water partition coefficient (Wildman–Crippen LogP) is 4.12. The highest BCUT2D eigenvalue weighted by Gasteiger charge is 2.15. The van der Waals surface area contributed by atoms with Gasteiger partial charge in [-0.1, -0.05) is 29.8 Å². The van der Waals surface area contributed by atoms with E-state index >= 15 is 0 Å². The number of halogens is 1. The van der Waals surface area contributed by atoms with Crippen molar-refractivity contribution in [1.82, 2.24) is 0 Å². The molecule has 5 heteroatoms. The molecule has 0 unspecified atom stereocenters. The lowest BCUT2D eigenvalue weighted by Gasteiger charge is -2.06. The van der Waals surface area contributed by atoms with Gasteiger partial charge in [-0.25, -0.2) is 0 Å². The monoisotopic (exact) mass is 298 g/mol. The molecule has 0 saturated carbocycles. The van der Waals surface area contributed by atoms with Crippen molar-refractivity contribution in [2.24, 2.45) is 0 Å². The molecule has 0 aliphatic heterocycles. The average Bonchev–Trinajstić information content (AvgIpc) is 2.86. The quantitative estimate of drug-likeness (QED) is 0.738. The smallest absolute Gasteiger partial charge is 0.246 e. The van der Waals surface area contributed by atoms with Crippen molar-refractivity contribution in [1.29, 1.82) is 5.26 Å². The summed E-state index contributed by atoms with van der Waals surface area (Å²) in [6.07, 6.45) is 0. The Bertz CT molecular complexity index is 849. The maximum Gasteiger partial charge on any atom is 0.246 e. The van der Waals surface area contributed by atoms with Crippen molar-refractivity contribution in [3.8, 4) is 11.8 Å². The van der Waals surface area contributed by atoms with E-state index in [4.69, 9.17) is 31.8 Å². The van der Waals surface area contributed by atoms with E-state index in [-0.39, 0.29) is 12.4 Å². The van der Waals surface area contributed by atoms with Gasteiger partial charge >= 0.3 is 0 Å². The van der Waals surface area contributed by atoms with Gasteiger partial charge in [-0.05, 0) is 29.8 Å². The molecule has 0 radical (unpaired) electrons. The lowest BCUT2D eigenvalue weighted by molar-refractivity contribution is 0.304. The molecule has 0 amide bonds. The lowest BCUT2D eigenvalue weighted by atomic mass is 10.2. The number of hydrogen-bond acceptors (Lipinski definition) is 4. The van der Waals surface area contributed by atoms with Crippen LogP contribution in [-0.2, 0) is 6.61 Å². The van der Waals surface area contributed by atoms with E-state index in [0.717, 1.165) is 10.9 Å². The van der Waals surface area contributed by atoms with Crippen LogP contribution in [0.5, 0.6) is 5.75 Å². The van der Waals surface area contributed by atoms with Crippen LogP contribution in [0.1, 0.15) is 11.3 Å². The summed E-state index contributed by atoms with van der Waals surface area (Å²) in [5.74, 6) is 0.611. The molecule has 3 rings (SSSR count). The summed E-state index contributed by atoms with van der Waals surface area (Å²) in [4.78, 5) is 0. The standard InChI is InChI=1S/C16H11ClN2O2/c17-12-6-5-10(7-13(12)19)9-20-16-11-3-1-2-4-14(11)21-15(16)8-18/h1-7H,9,19H2. The third-order valence-corrected chi connectivity index (χ3v) is 3.44. The normalized spacial score (nSPS) is 10.5. The number of nitrogens with zero attached hydrogens (tertiary/aromatic N) is 1. The topological polar surface area (TPSA) is 72.2 Å². The Labute approximate surface area is 126 Å². The summed E-state index contributed by atoms with van der Waals surface area (Å²) < 4.78 is 11.2. The Morgan fingerprint density at radius 3 is 2.81 bits per heavy atom. The Balaban J connectivity index is 1.91. The average molecular weight is 299 g/mol.